The summed E-state index contributed by atoms with van der Waals surface area (Å²) in [5.74, 6) is 0.0790. The van der Waals surface area contributed by atoms with Gasteiger partial charge in [0, 0.05) is 12.0 Å². The highest BCUT2D eigenvalue weighted by molar-refractivity contribution is 6.39. The molecule has 0 spiro atoms. The minimum Gasteiger partial charge on any atom is -0.396 e. The van der Waals surface area contributed by atoms with E-state index >= 15 is 0 Å². The molecule has 4 heteroatoms. The van der Waals surface area contributed by atoms with E-state index in [9.17, 15) is 4.79 Å². The Morgan fingerprint density at radius 3 is 2.22 bits per heavy atom. The van der Waals surface area contributed by atoms with Crippen LogP contribution >= 0.6 is 23.2 Å². The average Bonchev–Trinajstić information content (AvgIpc) is 2.34. The Hall–Kier alpha value is -0.730. The molecule has 2 N–H and O–H groups in total. The fourth-order valence-electron chi connectivity index (χ4n) is 1.78. The molecule has 0 aromatic heterocycles. The highest BCUT2D eigenvalue weighted by Gasteiger charge is 2.10. The predicted octanol–water partition coefficient (Wildman–Crippen LogP) is 5.12. The van der Waals surface area contributed by atoms with Crippen LogP contribution in [0.1, 0.15) is 55.8 Å². The van der Waals surface area contributed by atoms with Gasteiger partial charge in [-0.25, -0.2) is 0 Å². The molecule has 0 heterocycles. The molecule has 0 atom stereocenters. The van der Waals surface area contributed by atoms with Crippen molar-refractivity contribution in [1.82, 2.24) is 0 Å². The van der Waals surface area contributed by atoms with Gasteiger partial charge >= 0.3 is 0 Å². The number of nitrogens with two attached hydrogens (primary N) is 1. The van der Waals surface area contributed by atoms with E-state index in [1.165, 1.54) is 19.3 Å². The second-order valence-electron chi connectivity index (χ2n) is 4.44. The summed E-state index contributed by atoms with van der Waals surface area (Å²) in [5, 5.41) is 0.689. The van der Waals surface area contributed by atoms with Gasteiger partial charge in [-0.05, 0) is 18.6 Å². The summed E-state index contributed by atoms with van der Waals surface area (Å²) < 4.78 is 0. The smallest absolute Gasteiger partial charge is 0.162 e. The highest BCUT2D eigenvalue weighted by Crippen LogP contribution is 2.29. The van der Waals surface area contributed by atoms with E-state index in [2.05, 4.69) is 6.92 Å². The zero-order valence-electron chi connectivity index (χ0n) is 10.6. The number of ketones is 1. The van der Waals surface area contributed by atoms with Gasteiger partial charge in [-0.2, -0.15) is 0 Å². The van der Waals surface area contributed by atoms with E-state index < -0.39 is 0 Å². The predicted molar refractivity (Wildman–Crippen MR) is 78.6 cm³/mol. The molecule has 18 heavy (non-hydrogen) atoms. The van der Waals surface area contributed by atoms with Crippen LogP contribution in [0.25, 0.3) is 0 Å². The lowest BCUT2D eigenvalue weighted by Gasteiger charge is -2.06. The van der Waals surface area contributed by atoms with Gasteiger partial charge in [-0.1, -0.05) is 55.8 Å². The molecule has 0 bridgehead atoms. The SMILES string of the molecule is CCCCCCCC(=O)c1cc(Cl)c(N)c(Cl)c1. The van der Waals surface area contributed by atoms with Crippen LogP contribution in [-0.2, 0) is 0 Å². The number of Topliss-reactive ketones (excluding diaryl/α,β-unsaturated/α-hetero) is 1. The zero-order chi connectivity index (χ0) is 13.5. The highest BCUT2D eigenvalue weighted by atomic mass is 35.5. The maximum Gasteiger partial charge on any atom is 0.162 e. The number of hydrogen-bond acceptors (Lipinski definition) is 2. The number of benzene rings is 1. The van der Waals surface area contributed by atoms with E-state index in [1.807, 2.05) is 0 Å². The standard InChI is InChI=1S/C14H19Cl2NO/c1-2-3-4-5-6-7-13(18)10-8-11(15)14(17)12(16)9-10/h8-9H,2-7,17H2,1H3. The van der Waals surface area contributed by atoms with Gasteiger partial charge in [0.2, 0.25) is 0 Å². The summed E-state index contributed by atoms with van der Waals surface area (Å²) in [7, 11) is 0. The Morgan fingerprint density at radius 2 is 1.67 bits per heavy atom. The van der Waals surface area contributed by atoms with Gasteiger partial charge in [0.05, 0.1) is 15.7 Å². The van der Waals surface area contributed by atoms with Crippen LogP contribution in [0.3, 0.4) is 0 Å². The molecule has 0 aliphatic heterocycles. The molecule has 1 rings (SSSR count). The molecule has 0 radical (unpaired) electrons. The Labute approximate surface area is 118 Å². The van der Waals surface area contributed by atoms with Crippen molar-refractivity contribution in [2.24, 2.45) is 0 Å². The second kappa shape index (κ2) is 7.65. The number of unbranched alkanes of at least 4 members (excludes halogenated alkanes) is 4. The number of nitrogen functional groups attached to an aromatic ring is 1. The first kappa shape index (κ1) is 15.3. The lowest BCUT2D eigenvalue weighted by Crippen LogP contribution is -2.00. The van der Waals surface area contributed by atoms with E-state index in [-0.39, 0.29) is 5.78 Å². The second-order valence-corrected chi connectivity index (χ2v) is 5.26. The lowest BCUT2D eigenvalue weighted by atomic mass is 10.0. The molecule has 1 aromatic rings. The average molecular weight is 288 g/mol. The van der Waals surface area contributed by atoms with Crippen molar-refractivity contribution in [3.8, 4) is 0 Å². The summed E-state index contributed by atoms with van der Waals surface area (Å²) in [6, 6.07) is 3.19. The van der Waals surface area contributed by atoms with Crippen LogP contribution in [0.2, 0.25) is 10.0 Å². The van der Waals surface area contributed by atoms with Gasteiger partial charge in [-0.3, -0.25) is 4.79 Å². The fourth-order valence-corrected chi connectivity index (χ4v) is 2.27. The van der Waals surface area contributed by atoms with Crippen molar-refractivity contribution < 1.29 is 4.79 Å². The van der Waals surface area contributed by atoms with Crippen molar-refractivity contribution in [3.05, 3.63) is 27.7 Å². The minimum atomic E-state index is 0.0790. The molecular weight excluding hydrogens is 269 g/mol. The molecule has 0 fully saturated rings. The molecule has 2 nitrogen and oxygen atoms in total. The largest absolute Gasteiger partial charge is 0.396 e. The van der Waals surface area contributed by atoms with Gasteiger partial charge in [-0.15, -0.1) is 0 Å². The summed E-state index contributed by atoms with van der Waals surface area (Å²) in [6.45, 7) is 2.17. The number of halogens is 2. The molecule has 0 saturated heterocycles. The number of rotatable bonds is 7. The van der Waals surface area contributed by atoms with Crippen molar-refractivity contribution in [1.29, 1.82) is 0 Å². The third-order valence-electron chi connectivity index (χ3n) is 2.91. The summed E-state index contributed by atoms with van der Waals surface area (Å²) in [6.07, 6.45) is 6.17. The normalized spacial score (nSPS) is 10.6. The first-order valence-electron chi connectivity index (χ1n) is 6.34. The van der Waals surface area contributed by atoms with Gasteiger partial charge in [0.25, 0.3) is 0 Å². The van der Waals surface area contributed by atoms with Crippen LogP contribution in [-0.4, -0.2) is 5.78 Å². The Bertz CT molecular complexity index is 395. The van der Waals surface area contributed by atoms with Crippen molar-refractivity contribution in [2.75, 3.05) is 5.73 Å². The maximum atomic E-state index is 11.9. The maximum absolute atomic E-state index is 11.9. The first-order valence-corrected chi connectivity index (χ1v) is 7.09. The summed E-state index contributed by atoms with van der Waals surface area (Å²) in [4.78, 5) is 11.9. The van der Waals surface area contributed by atoms with Gasteiger partial charge in [0.15, 0.2) is 5.78 Å². The van der Waals surface area contributed by atoms with Crippen molar-refractivity contribution >= 4 is 34.7 Å². The number of carbonyl (C=O) groups is 1. The Kier molecular flexibility index (Phi) is 6.51. The van der Waals surface area contributed by atoms with Gasteiger partial charge < -0.3 is 5.73 Å². The Morgan fingerprint density at radius 1 is 1.11 bits per heavy atom. The molecule has 0 amide bonds. The van der Waals surface area contributed by atoms with E-state index in [0.29, 0.717) is 27.7 Å². The summed E-state index contributed by atoms with van der Waals surface area (Å²) >= 11 is 11.8. The van der Waals surface area contributed by atoms with E-state index in [4.69, 9.17) is 28.9 Å². The van der Waals surface area contributed by atoms with Crippen LogP contribution in [0.4, 0.5) is 5.69 Å². The topological polar surface area (TPSA) is 43.1 Å². The summed E-state index contributed by atoms with van der Waals surface area (Å²) in [5.41, 5.74) is 6.51. The fraction of sp³-hybridized carbons (Fsp3) is 0.500. The molecule has 0 saturated carbocycles. The first-order chi connectivity index (χ1) is 8.56. The van der Waals surface area contributed by atoms with Crippen LogP contribution in [0.15, 0.2) is 12.1 Å². The Balaban J connectivity index is 2.52. The monoisotopic (exact) mass is 287 g/mol. The van der Waals surface area contributed by atoms with E-state index in [0.717, 1.165) is 12.8 Å². The van der Waals surface area contributed by atoms with Crippen molar-refractivity contribution in [2.45, 2.75) is 45.4 Å². The van der Waals surface area contributed by atoms with Crippen LogP contribution < -0.4 is 5.73 Å². The molecule has 100 valence electrons. The molecular formula is C14H19Cl2NO. The number of anilines is 1. The number of hydrogen-bond donors (Lipinski definition) is 1. The van der Waals surface area contributed by atoms with Crippen LogP contribution in [0, 0.1) is 0 Å². The molecule has 1 aromatic carbocycles. The molecule has 0 aliphatic carbocycles. The van der Waals surface area contributed by atoms with E-state index in [1.54, 1.807) is 12.1 Å². The lowest BCUT2D eigenvalue weighted by molar-refractivity contribution is 0.0979. The molecule has 0 unspecified atom stereocenters. The number of carbonyl (C=O) groups excluding carboxylic acids is 1. The third kappa shape index (κ3) is 4.51. The van der Waals surface area contributed by atoms with Gasteiger partial charge in [0.1, 0.15) is 0 Å². The third-order valence-corrected chi connectivity index (χ3v) is 3.53. The van der Waals surface area contributed by atoms with Crippen molar-refractivity contribution in [3.63, 3.8) is 0 Å². The molecule has 0 aliphatic rings. The minimum absolute atomic E-state index is 0.0790. The quantitative estimate of drug-likeness (QED) is 0.430. The van der Waals surface area contributed by atoms with Crippen LogP contribution in [0.5, 0.6) is 0 Å². The zero-order valence-corrected chi connectivity index (χ0v) is 12.2.